The fourth-order valence-electron chi connectivity index (χ4n) is 5.16. The molecule has 144 valence electrons. The predicted molar refractivity (Wildman–Crippen MR) is 108 cm³/mol. The maximum atomic E-state index is 6.17. The molecule has 0 spiro atoms. The van der Waals surface area contributed by atoms with Gasteiger partial charge >= 0.3 is 0 Å². The van der Waals surface area contributed by atoms with Gasteiger partial charge in [-0.25, -0.2) is 0 Å². The summed E-state index contributed by atoms with van der Waals surface area (Å²) < 4.78 is 5.33. The molecular weight excluding hydrogens is 346 g/mol. The van der Waals surface area contributed by atoms with Crippen LogP contribution < -0.4 is 4.90 Å². The highest BCUT2D eigenvalue weighted by Crippen LogP contribution is 2.31. The topological polar surface area (TPSA) is 19.0 Å². The van der Waals surface area contributed by atoms with E-state index in [0.717, 1.165) is 49.3 Å². The number of benzene rings is 1. The molecule has 4 aliphatic heterocycles. The number of methoxy groups -OCH3 is 1. The van der Waals surface area contributed by atoms with Crippen LogP contribution in [0.25, 0.3) is 0 Å². The zero-order valence-electron chi connectivity index (χ0n) is 15.9. The van der Waals surface area contributed by atoms with Gasteiger partial charge in [-0.15, -0.1) is 0 Å². The summed E-state index contributed by atoms with van der Waals surface area (Å²) in [6.07, 6.45) is 5.31. The fourth-order valence-corrected chi connectivity index (χ4v) is 5.34. The third-order valence-corrected chi connectivity index (χ3v) is 6.83. The second kappa shape index (κ2) is 8.47. The van der Waals surface area contributed by atoms with Gasteiger partial charge in [-0.05, 0) is 49.8 Å². The van der Waals surface area contributed by atoms with Crippen LogP contribution in [-0.2, 0) is 4.74 Å². The molecule has 0 unspecified atom stereocenters. The van der Waals surface area contributed by atoms with Crippen LogP contribution in [0.15, 0.2) is 24.3 Å². The van der Waals surface area contributed by atoms with Gasteiger partial charge < -0.3 is 9.64 Å². The van der Waals surface area contributed by atoms with Gasteiger partial charge in [0.1, 0.15) is 0 Å². The van der Waals surface area contributed by atoms with E-state index in [9.17, 15) is 0 Å². The minimum absolute atomic E-state index is 0.731. The SMILES string of the molecule is COCCN1C[C@H]2CC[C@@H]1CN(C1CCN(c3cccc(Cl)c3)CC1)C2. The van der Waals surface area contributed by atoms with Gasteiger partial charge in [0.15, 0.2) is 0 Å². The molecular formula is C21H32ClN3O. The van der Waals surface area contributed by atoms with Crippen LogP contribution >= 0.6 is 11.6 Å². The van der Waals surface area contributed by atoms with Crippen molar-refractivity contribution in [2.45, 2.75) is 37.8 Å². The smallest absolute Gasteiger partial charge is 0.0589 e. The Bertz CT molecular complexity index is 590. The van der Waals surface area contributed by atoms with E-state index in [-0.39, 0.29) is 0 Å². The summed E-state index contributed by atoms with van der Waals surface area (Å²) in [6, 6.07) is 9.78. The molecule has 4 heterocycles. The zero-order chi connectivity index (χ0) is 17.9. The number of halogens is 1. The number of fused-ring (bicyclic) bond motifs is 4. The molecule has 26 heavy (non-hydrogen) atoms. The summed E-state index contributed by atoms with van der Waals surface area (Å²) in [5.41, 5.74) is 1.28. The Kier molecular flexibility index (Phi) is 6.04. The highest BCUT2D eigenvalue weighted by atomic mass is 35.5. The van der Waals surface area contributed by atoms with Gasteiger partial charge in [-0.3, -0.25) is 9.80 Å². The van der Waals surface area contributed by atoms with Crippen molar-refractivity contribution < 1.29 is 4.74 Å². The lowest BCUT2D eigenvalue weighted by Crippen LogP contribution is -2.48. The summed E-state index contributed by atoms with van der Waals surface area (Å²) in [5, 5.41) is 0.838. The van der Waals surface area contributed by atoms with E-state index in [2.05, 4.69) is 32.9 Å². The normalized spacial score (nSPS) is 28.5. The van der Waals surface area contributed by atoms with E-state index in [1.807, 2.05) is 13.2 Å². The Morgan fingerprint density at radius 3 is 2.65 bits per heavy atom. The molecule has 2 atom stereocenters. The van der Waals surface area contributed by atoms with Crippen molar-refractivity contribution in [1.29, 1.82) is 0 Å². The molecule has 0 amide bonds. The fraction of sp³-hybridized carbons (Fsp3) is 0.714. The summed E-state index contributed by atoms with van der Waals surface area (Å²) in [7, 11) is 1.82. The number of rotatable bonds is 5. The Hall–Kier alpha value is -0.810. The van der Waals surface area contributed by atoms with Gasteiger partial charge in [0.25, 0.3) is 0 Å². The standard InChI is InChI=1S/C21H32ClN3O/c1-26-12-11-24-14-17-5-6-21(24)16-25(15-17)19-7-9-23(10-8-19)20-4-2-3-18(22)13-20/h2-4,13,17,19,21H,5-12,14-16H2,1H3/t17-,21-/m1/s1. The number of piperidine rings is 2. The first-order chi connectivity index (χ1) is 12.7. The average molecular weight is 378 g/mol. The monoisotopic (exact) mass is 377 g/mol. The van der Waals surface area contributed by atoms with Crippen molar-refractivity contribution in [1.82, 2.24) is 9.80 Å². The number of ether oxygens (including phenoxy) is 1. The lowest BCUT2D eigenvalue weighted by Gasteiger charge is -2.40. The van der Waals surface area contributed by atoms with Crippen LogP contribution in [0, 0.1) is 5.92 Å². The van der Waals surface area contributed by atoms with Crippen molar-refractivity contribution >= 4 is 17.3 Å². The Balaban J connectivity index is 1.34. The summed E-state index contributed by atoms with van der Waals surface area (Å²) >= 11 is 6.17. The summed E-state index contributed by atoms with van der Waals surface area (Å²) in [6.45, 7) is 8.06. The van der Waals surface area contributed by atoms with E-state index in [1.54, 1.807) is 0 Å². The average Bonchev–Trinajstić information content (AvgIpc) is 2.98. The number of hydrogen-bond acceptors (Lipinski definition) is 4. The van der Waals surface area contributed by atoms with E-state index < -0.39 is 0 Å². The highest BCUT2D eigenvalue weighted by molar-refractivity contribution is 6.30. The molecule has 5 rings (SSSR count). The molecule has 0 N–H and O–H groups in total. The van der Waals surface area contributed by atoms with Crippen LogP contribution in [0.3, 0.4) is 0 Å². The van der Waals surface area contributed by atoms with Gasteiger partial charge in [0, 0.05) is 69.2 Å². The quantitative estimate of drug-likeness (QED) is 0.783. The minimum Gasteiger partial charge on any atom is -0.383 e. The third-order valence-electron chi connectivity index (χ3n) is 6.59. The van der Waals surface area contributed by atoms with Gasteiger partial charge in [-0.2, -0.15) is 0 Å². The van der Waals surface area contributed by atoms with Crippen molar-refractivity contribution in [3.63, 3.8) is 0 Å². The summed E-state index contributed by atoms with van der Waals surface area (Å²) in [5.74, 6) is 0.844. The minimum atomic E-state index is 0.731. The first-order valence-electron chi connectivity index (χ1n) is 10.2. The van der Waals surface area contributed by atoms with Gasteiger partial charge in [0.2, 0.25) is 0 Å². The number of nitrogens with zero attached hydrogens (tertiary/aromatic N) is 3. The van der Waals surface area contributed by atoms with E-state index >= 15 is 0 Å². The number of hydrogen-bond donors (Lipinski definition) is 0. The molecule has 0 radical (unpaired) electrons. The Labute approximate surface area is 163 Å². The molecule has 0 saturated carbocycles. The zero-order valence-corrected chi connectivity index (χ0v) is 16.7. The number of anilines is 1. The van der Waals surface area contributed by atoms with Crippen LogP contribution in [0.5, 0.6) is 0 Å². The van der Waals surface area contributed by atoms with E-state index in [4.69, 9.17) is 16.3 Å². The van der Waals surface area contributed by atoms with E-state index in [0.29, 0.717) is 0 Å². The van der Waals surface area contributed by atoms with Crippen molar-refractivity contribution in [2.24, 2.45) is 5.92 Å². The van der Waals surface area contributed by atoms with Gasteiger partial charge in [-0.1, -0.05) is 17.7 Å². The molecule has 4 saturated heterocycles. The van der Waals surface area contributed by atoms with Crippen molar-refractivity contribution in [3.8, 4) is 0 Å². The molecule has 4 fully saturated rings. The first kappa shape index (κ1) is 18.5. The molecule has 0 aliphatic carbocycles. The molecule has 5 heteroatoms. The molecule has 4 nitrogen and oxygen atoms in total. The summed E-state index contributed by atoms with van der Waals surface area (Å²) in [4.78, 5) is 8.02. The molecule has 1 aromatic rings. The lowest BCUT2D eigenvalue weighted by atomic mass is 9.95. The molecule has 2 bridgehead atoms. The molecule has 0 aromatic heterocycles. The van der Waals surface area contributed by atoms with Gasteiger partial charge in [0.05, 0.1) is 6.61 Å². The largest absolute Gasteiger partial charge is 0.383 e. The van der Waals surface area contributed by atoms with Crippen molar-refractivity contribution in [2.75, 3.05) is 57.9 Å². The lowest BCUT2D eigenvalue weighted by molar-refractivity contribution is 0.0846. The predicted octanol–water partition coefficient (Wildman–Crippen LogP) is 3.35. The van der Waals surface area contributed by atoms with E-state index in [1.165, 1.54) is 51.0 Å². The second-order valence-electron chi connectivity index (χ2n) is 8.24. The van der Waals surface area contributed by atoms with Crippen LogP contribution in [0.4, 0.5) is 5.69 Å². The van der Waals surface area contributed by atoms with Crippen LogP contribution in [0.2, 0.25) is 5.02 Å². The van der Waals surface area contributed by atoms with Crippen LogP contribution in [0.1, 0.15) is 25.7 Å². The highest BCUT2D eigenvalue weighted by Gasteiger charge is 2.37. The first-order valence-corrected chi connectivity index (χ1v) is 10.6. The maximum absolute atomic E-state index is 6.17. The Morgan fingerprint density at radius 1 is 1.04 bits per heavy atom. The molecule has 1 aromatic carbocycles. The Morgan fingerprint density at radius 2 is 1.88 bits per heavy atom. The maximum Gasteiger partial charge on any atom is 0.0589 e. The second-order valence-corrected chi connectivity index (χ2v) is 8.67. The van der Waals surface area contributed by atoms with Crippen LogP contribution in [-0.4, -0.2) is 74.9 Å². The molecule has 4 aliphatic rings. The van der Waals surface area contributed by atoms with Crippen molar-refractivity contribution in [3.05, 3.63) is 29.3 Å². The third kappa shape index (κ3) is 4.19.